The van der Waals surface area contributed by atoms with Crippen LogP contribution in [0.4, 0.5) is 10.1 Å². The molecule has 1 aliphatic carbocycles. The molecule has 104 valence electrons. The number of nitrogens with one attached hydrogen (secondary N) is 1. The number of hydrogen-bond donors (Lipinski definition) is 3. The first-order valence-electron chi connectivity index (χ1n) is 6.69. The van der Waals surface area contributed by atoms with Crippen molar-refractivity contribution in [1.29, 1.82) is 0 Å². The van der Waals surface area contributed by atoms with Crippen LogP contribution in [-0.4, -0.2) is 18.0 Å². The molecule has 2 atom stereocenters. The smallest absolute Gasteiger partial charge is 0.250 e. The molecule has 2 rings (SSSR count). The quantitative estimate of drug-likeness (QED) is 0.731. The lowest BCUT2D eigenvalue weighted by Gasteiger charge is -2.24. The highest BCUT2D eigenvalue weighted by atomic mass is 19.1. The van der Waals surface area contributed by atoms with Gasteiger partial charge in [0.1, 0.15) is 5.82 Å². The third kappa shape index (κ3) is 3.44. The summed E-state index contributed by atoms with van der Waals surface area (Å²) in [6.07, 6.45) is 5.34. The van der Waals surface area contributed by atoms with Crippen molar-refractivity contribution in [3.05, 3.63) is 29.6 Å². The second-order valence-corrected chi connectivity index (χ2v) is 5.11. The van der Waals surface area contributed by atoms with Crippen molar-refractivity contribution in [2.75, 3.05) is 5.32 Å². The molecule has 2 unspecified atom stereocenters. The van der Waals surface area contributed by atoms with Gasteiger partial charge in [-0.3, -0.25) is 4.79 Å². The maximum Gasteiger partial charge on any atom is 0.250 e. The molecule has 5 heteroatoms. The topological polar surface area (TPSA) is 81.1 Å². The van der Waals surface area contributed by atoms with E-state index in [0.717, 1.165) is 31.7 Å². The fourth-order valence-electron chi connectivity index (χ4n) is 2.56. The average Bonchev–Trinajstić information content (AvgIpc) is 2.57. The van der Waals surface area contributed by atoms with Crippen LogP contribution in [0.5, 0.6) is 0 Å². The van der Waals surface area contributed by atoms with E-state index >= 15 is 0 Å². The normalized spacial score (nSPS) is 23.7. The highest BCUT2D eigenvalue weighted by molar-refractivity contribution is 5.98. The van der Waals surface area contributed by atoms with E-state index in [-0.39, 0.29) is 17.6 Å². The Balaban J connectivity index is 2.19. The van der Waals surface area contributed by atoms with Crippen molar-refractivity contribution < 1.29 is 9.18 Å². The van der Waals surface area contributed by atoms with Crippen molar-refractivity contribution in [2.24, 2.45) is 11.5 Å². The summed E-state index contributed by atoms with van der Waals surface area (Å²) in [7, 11) is 0. The third-order valence-electron chi connectivity index (χ3n) is 3.66. The lowest BCUT2D eigenvalue weighted by molar-refractivity contribution is 0.100. The number of carbonyl (C=O) groups excluding carboxylic acids is 1. The molecule has 4 nitrogen and oxygen atoms in total. The van der Waals surface area contributed by atoms with Gasteiger partial charge in [-0.05, 0) is 31.0 Å². The maximum absolute atomic E-state index is 13.2. The van der Waals surface area contributed by atoms with Crippen LogP contribution >= 0.6 is 0 Å². The van der Waals surface area contributed by atoms with Gasteiger partial charge in [0.25, 0.3) is 5.91 Å². The van der Waals surface area contributed by atoms with Crippen molar-refractivity contribution in [1.82, 2.24) is 0 Å². The predicted molar refractivity (Wildman–Crippen MR) is 73.4 cm³/mol. The van der Waals surface area contributed by atoms with Gasteiger partial charge in [-0.15, -0.1) is 0 Å². The lowest BCUT2D eigenvalue weighted by atomic mass is 10.0. The van der Waals surface area contributed by atoms with E-state index in [0.29, 0.717) is 5.69 Å². The van der Waals surface area contributed by atoms with Gasteiger partial charge in [0.2, 0.25) is 0 Å². The lowest BCUT2D eigenvalue weighted by Crippen LogP contribution is -2.39. The van der Waals surface area contributed by atoms with E-state index in [2.05, 4.69) is 5.32 Å². The molecule has 5 N–H and O–H groups in total. The number of nitrogens with two attached hydrogens (primary N) is 2. The third-order valence-corrected chi connectivity index (χ3v) is 3.66. The molecule has 0 saturated heterocycles. The highest BCUT2D eigenvalue weighted by Crippen LogP contribution is 2.23. The highest BCUT2D eigenvalue weighted by Gasteiger charge is 2.21. The summed E-state index contributed by atoms with van der Waals surface area (Å²) in [5.74, 6) is -1.10. The Morgan fingerprint density at radius 3 is 2.74 bits per heavy atom. The SMILES string of the molecule is NC(=O)c1cc(F)ccc1NC1CCCCCC1N. The zero-order valence-corrected chi connectivity index (χ0v) is 10.9. The number of primary amides is 1. The molecule has 0 aromatic heterocycles. The fourth-order valence-corrected chi connectivity index (χ4v) is 2.56. The van der Waals surface area contributed by atoms with Crippen LogP contribution in [0, 0.1) is 5.82 Å². The first kappa shape index (κ1) is 13.8. The standard InChI is InChI=1S/C14H20FN3O/c15-9-6-7-12(10(8-9)14(17)19)18-13-5-3-1-2-4-11(13)16/h6-8,11,13,18H,1-5,16H2,(H2,17,19). The number of rotatable bonds is 3. The van der Waals surface area contributed by atoms with E-state index in [9.17, 15) is 9.18 Å². The van der Waals surface area contributed by atoms with E-state index in [1.165, 1.54) is 12.5 Å². The Morgan fingerprint density at radius 2 is 2.00 bits per heavy atom. The molecule has 1 aromatic rings. The minimum absolute atomic E-state index is 0.0493. The number of halogens is 1. The minimum Gasteiger partial charge on any atom is -0.380 e. The van der Waals surface area contributed by atoms with Crippen LogP contribution in [0.3, 0.4) is 0 Å². The van der Waals surface area contributed by atoms with Crippen molar-refractivity contribution >= 4 is 11.6 Å². The molecule has 0 radical (unpaired) electrons. The van der Waals surface area contributed by atoms with Gasteiger partial charge in [0.15, 0.2) is 0 Å². The van der Waals surface area contributed by atoms with Gasteiger partial charge >= 0.3 is 0 Å². The number of anilines is 1. The Bertz CT molecular complexity index is 464. The van der Waals surface area contributed by atoms with Crippen LogP contribution in [0.1, 0.15) is 42.5 Å². The zero-order valence-electron chi connectivity index (χ0n) is 10.9. The zero-order chi connectivity index (χ0) is 13.8. The van der Waals surface area contributed by atoms with Crippen molar-refractivity contribution in [3.8, 4) is 0 Å². The van der Waals surface area contributed by atoms with Gasteiger partial charge in [0.05, 0.1) is 5.56 Å². The molecule has 1 aliphatic rings. The summed E-state index contributed by atoms with van der Waals surface area (Å²) < 4.78 is 13.2. The van der Waals surface area contributed by atoms with Gasteiger partial charge in [-0.1, -0.05) is 19.3 Å². The first-order chi connectivity index (χ1) is 9.08. The average molecular weight is 265 g/mol. The van der Waals surface area contributed by atoms with E-state index in [1.54, 1.807) is 6.07 Å². The Kier molecular flexibility index (Phi) is 4.37. The molecular formula is C14H20FN3O. The second-order valence-electron chi connectivity index (χ2n) is 5.11. The molecule has 1 amide bonds. The Morgan fingerprint density at radius 1 is 1.26 bits per heavy atom. The van der Waals surface area contributed by atoms with E-state index in [4.69, 9.17) is 11.5 Å². The van der Waals surface area contributed by atoms with Crippen LogP contribution in [-0.2, 0) is 0 Å². The monoisotopic (exact) mass is 265 g/mol. The Labute approximate surface area is 112 Å². The Hall–Kier alpha value is -1.62. The maximum atomic E-state index is 13.2. The first-order valence-corrected chi connectivity index (χ1v) is 6.69. The van der Waals surface area contributed by atoms with Crippen LogP contribution in [0.25, 0.3) is 0 Å². The summed E-state index contributed by atoms with van der Waals surface area (Å²) in [6.45, 7) is 0. The predicted octanol–water partition coefficient (Wildman–Crippen LogP) is 2.00. The van der Waals surface area contributed by atoms with Crippen LogP contribution < -0.4 is 16.8 Å². The molecule has 0 bridgehead atoms. The summed E-state index contributed by atoms with van der Waals surface area (Å²) in [5.41, 5.74) is 12.2. The fraction of sp³-hybridized carbons (Fsp3) is 0.500. The largest absolute Gasteiger partial charge is 0.380 e. The number of benzene rings is 1. The molecular weight excluding hydrogens is 245 g/mol. The molecule has 19 heavy (non-hydrogen) atoms. The molecule has 1 fully saturated rings. The molecule has 1 aromatic carbocycles. The van der Waals surface area contributed by atoms with Crippen LogP contribution in [0.15, 0.2) is 18.2 Å². The second kappa shape index (κ2) is 6.02. The van der Waals surface area contributed by atoms with Gasteiger partial charge in [-0.2, -0.15) is 0 Å². The molecule has 0 aliphatic heterocycles. The van der Waals surface area contributed by atoms with Gasteiger partial charge < -0.3 is 16.8 Å². The molecule has 1 saturated carbocycles. The van der Waals surface area contributed by atoms with Crippen LogP contribution in [0.2, 0.25) is 0 Å². The molecule has 0 spiro atoms. The van der Waals surface area contributed by atoms with Gasteiger partial charge in [0, 0.05) is 17.8 Å². The number of amides is 1. The summed E-state index contributed by atoms with van der Waals surface area (Å²) in [5, 5.41) is 3.26. The number of carbonyl (C=O) groups is 1. The summed E-state index contributed by atoms with van der Waals surface area (Å²) in [4.78, 5) is 11.3. The van der Waals surface area contributed by atoms with Crippen molar-refractivity contribution in [2.45, 2.75) is 44.2 Å². The van der Waals surface area contributed by atoms with E-state index in [1.807, 2.05) is 0 Å². The molecule has 0 heterocycles. The van der Waals surface area contributed by atoms with Gasteiger partial charge in [-0.25, -0.2) is 4.39 Å². The number of hydrogen-bond acceptors (Lipinski definition) is 3. The summed E-state index contributed by atoms with van der Waals surface area (Å²) in [6, 6.07) is 4.18. The van der Waals surface area contributed by atoms with Crippen molar-refractivity contribution in [3.63, 3.8) is 0 Å². The summed E-state index contributed by atoms with van der Waals surface area (Å²) >= 11 is 0. The van der Waals surface area contributed by atoms with E-state index < -0.39 is 11.7 Å². The minimum atomic E-state index is -0.635.